The van der Waals surface area contributed by atoms with Crippen LogP contribution in [0.1, 0.15) is 34.5 Å². The summed E-state index contributed by atoms with van der Waals surface area (Å²) >= 11 is 0. The van der Waals surface area contributed by atoms with E-state index in [1.165, 1.54) is 16.7 Å². The number of hydrogen-bond donors (Lipinski definition) is 0. The molecule has 1 atom stereocenters. The lowest BCUT2D eigenvalue weighted by molar-refractivity contribution is 0.138. The summed E-state index contributed by atoms with van der Waals surface area (Å²) in [7, 11) is 0. The Kier molecular flexibility index (Phi) is 3.94. The van der Waals surface area contributed by atoms with Crippen LogP contribution >= 0.6 is 0 Å². The van der Waals surface area contributed by atoms with Crippen molar-refractivity contribution in [2.45, 2.75) is 32.5 Å². The maximum atomic E-state index is 5.81. The Morgan fingerprint density at radius 2 is 1.85 bits per heavy atom. The van der Waals surface area contributed by atoms with Gasteiger partial charge in [0.2, 0.25) is 11.8 Å². The van der Waals surface area contributed by atoms with Crippen LogP contribution in [0.3, 0.4) is 0 Å². The Labute approximate surface area is 157 Å². The van der Waals surface area contributed by atoms with Crippen molar-refractivity contribution in [3.8, 4) is 0 Å². The second-order valence-electron chi connectivity index (χ2n) is 7.05. The maximum Gasteiger partial charge on any atom is 0.233 e. The summed E-state index contributed by atoms with van der Waals surface area (Å²) in [5.41, 5.74) is 4.98. The van der Waals surface area contributed by atoms with Crippen molar-refractivity contribution in [2.75, 3.05) is 0 Å². The molecule has 0 aliphatic carbocycles. The summed E-state index contributed by atoms with van der Waals surface area (Å²) in [4.78, 5) is 7.03. The summed E-state index contributed by atoms with van der Waals surface area (Å²) < 4.78 is 5.81. The fourth-order valence-electron chi connectivity index (χ4n) is 3.95. The lowest BCUT2D eigenvalue weighted by atomic mass is 9.93. The molecule has 0 unspecified atom stereocenters. The average Bonchev–Trinajstić information content (AvgIpc) is 3.14. The molecule has 0 amide bonds. The Morgan fingerprint density at radius 1 is 1.00 bits per heavy atom. The number of nitrogens with zero attached hydrogens (tertiary/aromatic N) is 4. The molecule has 0 bridgehead atoms. The minimum atomic E-state index is 0.0695. The Bertz CT molecular complexity index is 1100. The van der Waals surface area contributed by atoms with Crippen LogP contribution in [0.2, 0.25) is 0 Å². The molecule has 2 aromatic carbocycles. The largest absolute Gasteiger partial charge is 0.424 e. The predicted octanol–water partition coefficient (Wildman–Crippen LogP) is 4.23. The quantitative estimate of drug-likeness (QED) is 0.550. The molecule has 5 heteroatoms. The van der Waals surface area contributed by atoms with Gasteiger partial charge in [0.05, 0.1) is 11.6 Å². The second-order valence-corrected chi connectivity index (χ2v) is 7.05. The van der Waals surface area contributed by atoms with E-state index in [1.54, 1.807) is 0 Å². The molecule has 5 rings (SSSR count). The van der Waals surface area contributed by atoms with Crippen LogP contribution in [0.15, 0.2) is 65.2 Å². The summed E-state index contributed by atoms with van der Waals surface area (Å²) in [5, 5.41) is 9.54. The van der Waals surface area contributed by atoms with Gasteiger partial charge in [-0.15, -0.1) is 10.2 Å². The highest BCUT2D eigenvalue weighted by molar-refractivity contribution is 5.81. The third kappa shape index (κ3) is 3.00. The summed E-state index contributed by atoms with van der Waals surface area (Å²) in [6, 6.07) is 19.1. The van der Waals surface area contributed by atoms with Crippen molar-refractivity contribution in [1.29, 1.82) is 0 Å². The van der Waals surface area contributed by atoms with Crippen LogP contribution in [0.5, 0.6) is 0 Å². The van der Waals surface area contributed by atoms with Crippen LogP contribution in [0, 0.1) is 6.92 Å². The molecule has 2 aromatic heterocycles. The first-order chi connectivity index (χ1) is 13.3. The summed E-state index contributed by atoms with van der Waals surface area (Å²) in [6.45, 7) is 3.48. The maximum absolute atomic E-state index is 5.81. The van der Waals surface area contributed by atoms with E-state index >= 15 is 0 Å². The first-order valence-electron chi connectivity index (χ1n) is 9.21. The zero-order chi connectivity index (χ0) is 18.2. The molecule has 0 N–H and O–H groups in total. The van der Waals surface area contributed by atoms with Crippen LogP contribution < -0.4 is 0 Å². The Balaban J connectivity index is 1.55. The SMILES string of the molecule is Cc1nnc([C@H]2Cc3ccccc3CN2Cc2cccc3cccnc23)o1. The number of pyridine rings is 1. The molecule has 3 heterocycles. The highest BCUT2D eigenvalue weighted by Gasteiger charge is 2.31. The van der Waals surface area contributed by atoms with Gasteiger partial charge in [0, 0.05) is 31.6 Å². The zero-order valence-electron chi connectivity index (χ0n) is 15.2. The first-order valence-corrected chi connectivity index (χ1v) is 9.21. The fourth-order valence-corrected chi connectivity index (χ4v) is 3.95. The van der Waals surface area contributed by atoms with Crippen molar-refractivity contribution in [1.82, 2.24) is 20.1 Å². The van der Waals surface area contributed by atoms with E-state index < -0.39 is 0 Å². The third-order valence-corrected chi connectivity index (χ3v) is 5.26. The minimum Gasteiger partial charge on any atom is -0.424 e. The molecule has 4 aromatic rings. The molecule has 0 fully saturated rings. The molecule has 1 aliphatic heterocycles. The normalized spacial score (nSPS) is 17.1. The van der Waals surface area contributed by atoms with Gasteiger partial charge >= 0.3 is 0 Å². The number of benzene rings is 2. The topological polar surface area (TPSA) is 55.1 Å². The van der Waals surface area contributed by atoms with E-state index in [0.29, 0.717) is 11.8 Å². The Hall–Kier alpha value is -3.05. The molecule has 27 heavy (non-hydrogen) atoms. The molecular formula is C22H20N4O. The number of rotatable bonds is 3. The van der Waals surface area contributed by atoms with E-state index in [4.69, 9.17) is 4.42 Å². The number of aromatic nitrogens is 3. The van der Waals surface area contributed by atoms with Gasteiger partial charge in [0.15, 0.2) is 0 Å². The lowest BCUT2D eigenvalue weighted by Gasteiger charge is -2.35. The van der Waals surface area contributed by atoms with E-state index in [-0.39, 0.29) is 6.04 Å². The Morgan fingerprint density at radius 3 is 2.70 bits per heavy atom. The molecule has 0 radical (unpaired) electrons. The van der Waals surface area contributed by atoms with Gasteiger partial charge in [-0.3, -0.25) is 9.88 Å². The molecule has 134 valence electrons. The molecule has 0 saturated carbocycles. The van der Waals surface area contributed by atoms with Crippen molar-refractivity contribution in [3.63, 3.8) is 0 Å². The second kappa shape index (κ2) is 6.59. The van der Waals surface area contributed by atoms with Crippen LogP contribution in [-0.2, 0) is 19.5 Å². The molecule has 5 nitrogen and oxygen atoms in total. The monoisotopic (exact) mass is 356 g/mol. The minimum absolute atomic E-state index is 0.0695. The molecule has 1 aliphatic rings. The highest BCUT2D eigenvalue weighted by atomic mass is 16.4. The summed E-state index contributed by atoms with van der Waals surface area (Å²) in [6.07, 6.45) is 2.73. The van der Waals surface area contributed by atoms with Crippen molar-refractivity contribution in [3.05, 3.63) is 89.3 Å². The van der Waals surface area contributed by atoms with Gasteiger partial charge in [0.25, 0.3) is 0 Å². The smallest absolute Gasteiger partial charge is 0.233 e. The lowest BCUT2D eigenvalue weighted by Crippen LogP contribution is -2.34. The standard InChI is InChI=1S/C22H20N4O/c1-15-24-25-22(27-15)20-12-17-6-2-3-7-18(17)13-26(20)14-19-9-4-8-16-10-5-11-23-21(16)19/h2-11,20H,12-14H2,1H3/t20-/m1/s1. The molecule has 0 saturated heterocycles. The van der Waals surface area contributed by atoms with Crippen molar-refractivity contribution >= 4 is 10.9 Å². The van der Waals surface area contributed by atoms with Crippen LogP contribution in [0.4, 0.5) is 0 Å². The zero-order valence-corrected chi connectivity index (χ0v) is 15.2. The third-order valence-electron chi connectivity index (χ3n) is 5.26. The van der Waals surface area contributed by atoms with E-state index in [1.807, 2.05) is 19.2 Å². The van der Waals surface area contributed by atoms with Crippen molar-refractivity contribution in [2.24, 2.45) is 0 Å². The highest BCUT2D eigenvalue weighted by Crippen LogP contribution is 2.34. The van der Waals surface area contributed by atoms with Crippen molar-refractivity contribution < 1.29 is 4.42 Å². The number of para-hydroxylation sites is 1. The molecule has 0 spiro atoms. The van der Waals surface area contributed by atoms with Gasteiger partial charge < -0.3 is 4.42 Å². The van der Waals surface area contributed by atoms with Gasteiger partial charge in [0.1, 0.15) is 0 Å². The predicted molar refractivity (Wildman–Crippen MR) is 103 cm³/mol. The number of aryl methyl sites for hydroxylation is 1. The van der Waals surface area contributed by atoms with E-state index in [0.717, 1.165) is 30.4 Å². The first kappa shape index (κ1) is 16.1. The number of fused-ring (bicyclic) bond motifs is 2. The number of hydrogen-bond acceptors (Lipinski definition) is 5. The van der Waals surface area contributed by atoms with E-state index in [9.17, 15) is 0 Å². The average molecular weight is 356 g/mol. The summed E-state index contributed by atoms with van der Waals surface area (Å²) in [5.74, 6) is 1.30. The van der Waals surface area contributed by atoms with Gasteiger partial charge in [-0.25, -0.2) is 0 Å². The van der Waals surface area contributed by atoms with Crippen LogP contribution in [-0.4, -0.2) is 20.1 Å². The fraction of sp³-hybridized carbons (Fsp3) is 0.227. The van der Waals surface area contributed by atoms with Gasteiger partial charge in [-0.05, 0) is 29.2 Å². The van der Waals surface area contributed by atoms with Gasteiger partial charge in [-0.1, -0.05) is 48.5 Å². The molecular weight excluding hydrogens is 336 g/mol. The van der Waals surface area contributed by atoms with Gasteiger partial charge in [-0.2, -0.15) is 0 Å². The van der Waals surface area contributed by atoms with E-state index in [2.05, 4.69) is 68.6 Å². The van der Waals surface area contributed by atoms with Crippen LogP contribution in [0.25, 0.3) is 10.9 Å².